The van der Waals surface area contributed by atoms with E-state index in [1.165, 1.54) is 21.7 Å². The number of thiazole rings is 1. The van der Waals surface area contributed by atoms with Crippen molar-refractivity contribution in [3.05, 3.63) is 51.0 Å². The zero-order valence-corrected chi connectivity index (χ0v) is 12.4. The second kappa shape index (κ2) is 4.73. The number of rotatable bonds is 2. The molecule has 19 heavy (non-hydrogen) atoms. The van der Waals surface area contributed by atoms with E-state index in [0.29, 0.717) is 0 Å². The zero-order valence-electron chi connectivity index (χ0n) is 11.6. The summed E-state index contributed by atoms with van der Waals surface area (Å²) in [6.45, 7) is 4.31. The van der Waals surface area contributed by atoms with Crippen LogP contribution in [-0.4, -0.2) is 4.98 Å². The Labute approximate surface area is 118 Å². The monoisotopic (exact) mass is 272 g/mol. The molecule has 0 fully saturated rings. The lowest BCUT2D eigenvalue weighted by Gasteiger charge is -2.34. The van der Waals surface area contributed by atoms with E-state index in [-0.39, 0.29) is 5.54 Å². The standard InChI is InChI=1S/C16H20N2S/c1-3-14-11(2)19-15(18-14)16(17)10-6-8-12-7-4-5-9-13(12)16/h4-5,7,9H,3,6,8,10,17H2,1-2H3. The largest absolute Gasteiger partial charge is 0.316 e. The van der Waals surface area contributed by atoms with E-state index in [9.17, 15) is 0 Å². The molecular formula is C16H20N2S. The van der Waals surface area contributed by atoms with Crippen molar-refractivity contribution in [2.24, 2.45) is 5.73 Å². The summed E-state index contributed by atoms with van der Waals surface area (Å²) in [7, 11) is 0. The summed E-state index contributed by atoms with van der Waals surface area (Å²) < 4.78 is 0. The third kappa shape index (κ3) is 2.01. The van der Waals surface area contributed by atoms with Crippen molar-refractivity contribution in [3.8, 4) is 0 Å². The molecular weight excluding hydrogens is 252 g/mol. The van der Waals surface area contributed by atoms with Crippen LogP contribution in [0.2, 0.25) is 0 Å². The molecule has 0 amide bonds. The fourth-order valence-corrected chi connectivity index (χ4v) is 4.18. The highest BCUT2D eigenvalue weighted by Gasteiger charge is 2.37. The van der Waals surface area contributed by atoms with Gasteiger partial charge in [0.05, 0.1) is 11.2 Å². The highest BCUT2D eigenvalue weighted by Crippen LogP contribution is 2.40. The van der Waals surface area contributed by atoms with Crippen LogP contribution in [0.1, 0.15) is 46.5 Å². The molecule has 1 aliphatic rings. The minimum Gasteiger partial charge on any atom is -0.316 e. The van der Waals surface area contributed by atoms with Crippen LogP contribution in [0.15, 0.2) is 24.3 Å². The van der Waals surface area contributed by atoms with Gasteiger partial charge in [-0.2, -0.15) is 0 Å². The Bertz CT molecular complexity index is 603. The minimum absolute atomic E-state index is 0.377. The summed E-state index contributed by atoms with van der Waals surface area (Å²) in [5, 5.41) is 1.09. The summed E-state index contributed by atoms with van der Waals surface area (Å²) in [4.78, 5) is 6.13. The number of aryl methyl sites for hydroxylation is 3. The molecule has 1 aliphatic carbocycles. The average molecular weight is 272 g/mol. The van der Waals surface area contributed by atoms with E-state index in [1.54, 1.807) is 11.3 Å². The van der Waals surface area contributed by atoms with Crippen molar-refractivity contribution in [3.63, 3.8) is 0 Å². The van der Waals surface area contributed by atoms with Crippen LogP contribution in [0.4, 0.5) is 0 Å². The topological polar surface area (TPSA) is 38.9 Å². The van der Waals surface area contributed by atoms with Gasteiger partial charge in [0.15, 0.2) is 0 Å². The molecule has 1 unspecified atom stereocenters. The van der Waals surface area contributed by atoms with Crippen LogP contribution >= 0.6 is 11.3 Å². The van der Waals surface area contributed by atoms with Gasteiger partial charge in [-0.25, -0.2) is 4.98 Å². The van der Waals surface area contributed by atoms with Crippen molar-refractivity contribution in [2.45, 2.75) is 45.1 Å². The molecule has 0 spiro atoms. The third-order valence-corrected chi connectivity index (χ3v) is 5.32. The predicted octanol–water partition coefficient (Wildman–Crippen LogP) is 3.55. The summed E-state index contributed by atoms with van der Waals surface area (Å²) in [6.07, 6.45) is 4.27. The maximum atomic E-state index is 6.78. The first-order chi connectivity index (χ1) is 9.15. The average Bonchev–Trinajstić information content (AvgIpc) is 2.81. The molecule has 1 atom stereocenters. The maximum Gasteiger partial charge on any atom is 0.118 e. The molecule has 1 aromatic carbocycles. The summed E-state index contributed by atoms with van der Waals surface area (Å²) in [5.74, 6) is 0. The van der Waals surface area contributed by atoms with E-state index in [4.69, 9.17) is 10.7 Å². The molecule has 0 saturated heterocycles. The number of nitrogens with zero attached hydrogens (tertiary/aromatic N) is 1. The maximum absolute atomic E-state index is 6.78. The normalized spacial score (nSPS) is 22.3. The van der Waals surface area contributed by atoms with Crippen molar-refractivity contribution in [1.82, 2.24) is 4.98 Å². The van der Waals surface area contributed by atoms with Crippen LogP contribution in [-0.2, 0) is 18.4 Å². The quantitative estimate of drug-likeness (QED) is 0.908. The van der Waals surface area contributed by atoms with E-state index in [1.807, 2.05) is 0 Å². The molecule has 0 aliphatic heterocycles. The molecule has 0 radical (unpaired) electrons. The second-order valence-electron chi connectivity index (χ2n) is 5.36. The Morgan fingerprint density at radius 1 is 1.37 bits per heavy atom. The number of hydrogen-bond donors (Lipinski definition) is 1. The van der Waals surface area contributed by atoms with Crippen LogP contribution < -0.4 is 5.73 Å². The number of hydrogen-bond acceptors (Lipinski definition) is 3. The lowest BCUT2D eigenvalue weighted by Crippen LogP contribution is -2.41. The lowest BCUT2D eigenvalue weighted by atomic mass is 9.77. The Hall–Kier alpha value is -1.19. The Kier molecular flexibility index (Phi) is 3.19. The van der Waals surface area contributed by atoms with Gasteiger partial charge in [0, 0.05) is 4.88 Å². The molecule has 1 heterocycles. The van der Waals surface area contributed by atoms with Crippen molar-refractivity contribution in [1.29, 1.82) is 0 Å². The Morgan fingerprint density at radius 3 is 2.89 bits per heavy atom. The molecule has 3 heteroatoms. The van der Waals surface area contributed by atoms with E-state index in [0.717, 1.165) is 30.7 Å². The minimum atomic E-state index is -0.377. The van der Waals surface area contributed by atoms with Gasteiger partial charge in [-0.15, -0.1) is 11.3 Å². The Balaban J connectivity index is 2.13. The summed E-state index contributed by atoms with van der Waals surface area (Å²) >= 11 is 1.77. The molecule has 2 nitrogen and oxygen atoms in total. The van der Waals surface area contributed by atoms with Crippen LogP contribution in [0, 0.1) is 6.92 Å². The van der Waals surface area contributed by atoms with Gasteiger partial charge in [-0.1, -0.05) is 31.2 Å². The highest BCUT2D eigenvalue weighted by molar-refractivity contribution is 7.11. The van der Waals surface area contributed by atoms with Gasteiger partial charge in [0.1, 0.15) is 5.01 Å². The van der Waals surface area contributed by atoms with Crippen LogP contribution in [0.5, 0.6) is 0 Å². The van der Waals surface area contributed by atoms with E-state index >= 15 is 0 Å². The van der Waals surface area contributed by atoms with Crippen LogP contribution in [0.25, 0.3) is 0 Å². The zero-order chi connectivity index (χ0) is 13.5. The number of aromatic nitrogens is 1. The van der Waals surface area contributed by atoms with Gasteiger partial charge in [-0.05, 0) is 43.7 Å². The lowest BCUT2D eigenvalue weighted by molar-refractivity contribution is 0.440. The first-order valence-electron chi connectivity index (χ1n) is 6.99. The summed E-state index contributed by atoms with van der Waals surface area (Å²) in [6, 6.07) is 8.58. The molecule has 2 aromatic rings. The molecule has 2 N–H and O–H groups in total. The SMILES string of the molecule is CCc1nc(C2(N)CCCc3ccccc32)sc1C. The molecule has 0 saturated carbocycles. The van der Waals surface area contributed by atoms with Gasteiger partial charge in [0.2, 0.25) is 0 Å². The van der Waals surface area contributed by atoms with E-state index in [2.05, 4.69) is 38.1 Å². The van der Waals surface area contributed by atoms with Crippen molar-refractivity contribution >= 4 is 11.3 Å². The molecule has 3 rings (SSSR count). The van der Waals surface area contributed by atoms with Crippen LogP contribution in [0.3, 0.4) is 0 Å². The van der Waals surface area contributed by atoms with E-state index < -0.39 is 0 Å². The van der Waals surface area contributed by atoms with Crippen molar-refractivity contribution < 1.29 is 0 Å². The molecule has 100 valence electrons. The second-order valence-corrected chi connectivity index (χ2v) is 6.56. The van der Waals surface area contributed by atoms with Gasteiger partial charge in [0.25, 0.3) is 0 Å². The third-order valence-electron chi connectivity index (χ3n) is 4.12. The Morgan fingerprint density at radius 2 is 2.16 bits per heavy atom. The number of fused-ring (bicyclic) bond motifs is 1. The van der Waals surface area contributed by atoms with Gasteiger partial charge < -0.3 is 5.73 Å². The molecule has 1 aromatic heterocycles. The first kappa shape index (κ1) is 12.8. The number of nitrogens with two attached hydrogens (primary N) is 1. The predicted molar refractivity (Wildman–Crippen MR) is 80.6 cm³/mol. The van der Waals surface area contributed by atoms with Gasteiger partial charge >= 0.3 is 0 Å². The first-order valence-corrected chi connectivity index (χ1v) is 7.81. The number of benzene rings is 1. The van der Waals surface area contributed by atoms with Gasteiger partial charge in [-0.3, -0.25) is 0 Å². The smallest absolute Gasteiger partial charge is 0.118 e. The molecule has 0 bridgehead atoms. The van der Waals surface area contributed by atoms with Crippen molar-refractivity contribution in [2.75, 3.05) is 0 Å². The highest BCUT2D eigenvalue weighted by atomic mass is 32.1. The summed E-state index contributed by atoms with van der Waals surface area (Å²) in [5.41, 5.74) is 10.3. The fourth-order valence-electron chi connectivity index (χ4n) is 3.03. The fraction of sp³-hybridized carbons (Fsp3) is 0.438.